The summed E-state index contributed by atoms with van der Waals surface area (Å²) >= 11 is 0. The van der Waals surface area contributed by atoms with Gasteiger partial charge in [-0.05, 0) is 162 Å². The van der Waals surface area contributed by atoms with E-state index in [0.717, 1.165) is 32.2 Å². The molecule has 0 aromatic rings. The lowest BCUT2D eigenvalue weighted by Crippen LogP contribution is -2.37. The first-order chi connectivity index (χ1) is 26.0. The maximum atomic E-state index is 7.57. The molecule has 340 valence electrons. The Hall–Kier alpha value is 0.910. The molecule has 0 aliphatic carbocycles. The van der Waals surface area contributed by atoms with E-state index in [1.165, 1.54) is 51.4 Å². The van der Waals surface area contributed by atoms with Gasteiger partial charge in [0.25, 0.3) is 7.51 Å². The van der Waals surface area contributed by atoms with Crippen LogP contribution in [0.15, 0.2) is 18.3 Å². The average molecular weight is 895 g/mol. The third kappa shape index (κ3) is 16.0. The van der Waals surface area contributed by atoms with Crippen LogP contribution in [0.1, 0.15) is 97.8 Å². The molecule has 0 aromatic carbocycles. The van der Waals surface area contributed by atoms with Gasteiger partial charge in [-0.1, -0.05) is 71.6 Å². The first-order valence-electron chi connectivity index (χ1n) is 20.7. The van der Waals surface area contributed by atoms with Gasteiger partial charge < -0.3 is 5.11 Å². The van der Waals surface area contributed by atoms with Gasteiger partial charge in [0.1, 0.15) is 6.17 Å². The second-order valence-electron chi connectivity index (χ2n) is 16.1. The van der Waals surface area contributed by atoms with E-state index >= 15 is 0 Å². The van der Waals surface area contributed by atoms with Crippen molar-refractivity contribution in [1.82, 2.24) is 46.7 Å². The molecule has 0 heterocycles. The SMILES string of the molecule is CCCCCCCCN(C(CCCCCCC)N=P(N(C)C)(N(C)C)N(C)C)P(=NP)(N=P(N(C)C)(N(C)C)N(C)C)N=P(N(C)C)(N(C)C)N(C)C.CCO. The summed E-state index contributed by atoms with van der Waals surface area (Å²) in [5, 5.41) is 7.57. The molecule has 0 fully saturated rings. The Balaban J connectivity index is 0. The molecule has 0 amide bonds. The summed E-state index contributed by atoms with van der Waals surface area (Å²) in [6.45, 7) is 7.33. The van der Waals surface area contributed by atoms with E-state index < -0.39 is 30.0 Å². The molecular formula is C36H95N14OP5. The van der Waals surface area contributed by atoms with Gasteiger partial charge in [0.15, 0.2) is 22.5 Å². The van der Waals surface area contributed by atoms with Crippen molar-refractivity contribution in [2.75, 3.05) is 140 Å². The number of hydrogen-bond acceptors (Lipinski definition) is 3. The molecule has 2 unspecified atom stereocenters. The van der Waals surface area contributed by atoms with Gasteiger partial charge in [0.05, 0.1) is 0 Å². The molecule has 20 heteroatoms. The summed E-state index contributed by atoms with van der Waals surface area (Å²) in [5.41, 5.74) is 0. The van der Waals surface area contributed by atoms with Crippen LogP contribution in [0.5, 0.6) is 0 Å². The maximum Gasteiger partial charge on any atom is 0.264 e. The highest BCUT2D eigenvalue weighted by atomic mass is 31.2. The summed E-state index contributed by atoms with van der Waals surface area (Å²) in [6, 6.07) is 0. The summed E-state index contributed by atoms with van der Waals surface area (Å²) in [7, 11) is 31.5. The van der Waals surface area contributed by atoms with Crippen molar-refractivity contribution in [2.45, 2.75) is 104 Å². The topological polar surface area (TPSA) is 102 Å². The molecular weight excluding hydrogens is 799 g/mol. The molecule has 0 radical (unpaired) electrons. The Kier molecular flexibility index (Phi) is 30.8. The number of rotatable bonds is 27. The Bertz CT molecular complexity index is 1140. The largest absolute Gasteiger partial charge is 0.397 e. The van der Waals surface area contributed by atoms with Crippen molar-refractivity contribution in [1.29, 1.82) is 0 Å². The lowest BCUT2D eigenvalue weighted by molar-refractivity contribution is 0.306. The molecule has 0 spiro atoms. The highest BCUT2D eigenvalue weighted by molar-refractivity contribution is 7.77. The van der Waals surface area contributed by atoms with E-state index in [1.54, 1.807) is 6.92 Å². The lowest BCUT2D eigenvalue weighted by atomic mass is 10.1. The molecule has 15 nitrogen and oxygen atoms in total. The predicted molar refractivity (Wildman–Crippen MR) is 260 cm³/mol. The Morgan fingerprint density at radius 3 is 1.02 bits per heavy atom. The van der Waals surface area contributed by atoms with Gasteiger partial charge in [0, 0.05) is 13.2 Å². The van der Waals surface area contributed by atoms with Crippen LogP contribution in [0, 0.1) is 0 Å². The first-order valence-corrected chi connectivity index (χ1v) is 27.6. The van der Waals surface area contributed by atoms with Crippen LogP contribution in [0.2, 0.25) is 0 Å². The summed E-state index contributed by atoms with van der Waals surface area (Å²) in [4.78, 5) is 0. The second kappa shape index (κ2) is 29.3. The van der Waals surface area contributed by atoms with Crippen molar-refractivity contribution < 1.29 is 5.11 Å². The van der Waals surface area contributed by atoms with E-state index in [2.05, 4.69) is 197 Å². The van der Waals surface area contributed by atoms with Gasteiger partial charge in [-0.2, -0.15) is 9.03 Å². The first kappa shape index (κ1) is 59.0. The summed E-state index contributed by atoms with van der Waals surface area (Å²) in [6.07, 6.45) is 14.0. The zero-order valence-electron chi connectivity index (χ0n) is 40.6. The third-order valence-electron chi connectivity index (χ3n) is 9.75. The average Bonchev–Trinajstić information content (AvgIpc) is 3.09. The van der Waals surface area contributed by atoms with Crippen LogP contribution in [0.4, 0.5) is 0 Å². The molecule has 0 saturated carbocycles. The zero-order chi connectivity index (χ0) is 44.1. The normalized spacial score (nSPS) is 14.0. The Morgan fingerprint density at radius 2 is 0.732 bits per heavy atom. The van der Waals surface area contributed by atoms with Crippen LogP contribution < -0.4 is 0 Å². The van der Waals surface area contributed by atoms with Crippen molar-refractivity contribution >= 4 is 39.4 Å². The van der Waals surface area contributed by atoms with Crippen LogP contribution in [-0.4, -0.2) is 198 Å². The van der Waals surface area contributed by atoms with Crippen LogP contribution in [-0.2, 0) is 0 Å². The molecule has 0 saturated heterocycles. The number of unbranched alkanes of at least 4 members (excludes halogenated alkanes) is 9. The standard InChI is InChI=1S/C34H89N14P5.C2H6O/c1-21-23-25-27-29-31-33-48(34(32-30-28-26-24-22-2)35-51(39(3)4,40(5)6)41(7)8)50(36-49,37-52(42(9)10,43(11)12)44(13)14)38-53(45(15)16,46(17)18)47(19)20;1-2-3/h34H,21-33,49H2,1-20H3;3H,2H2,1H3. The fourth-order valence-electron chi connectivity index (χ4n) is 7.46. The molecule has 0 aliphatic rings. The van der Waals surface area contributed by atoms with Crippen LogP contribution in [0.3, 0.4) is 0 Å². The number of hydrogen-bond donors (Lipinski definition) is 1. The zero-order valence-corrected chi connectivity index (χ0v) is 45.3. The van der Waals surface area contributed by atoms with Crippen LogP contribution >= 0.6 is 39.4 Å². The monoisotopic (exact) mass is 895 g/mol. The van der Waals surface area contributed by atoms with Gasteiger partial charge in [-0.25, -0.2) is 13.9 Å². The minimum Gasteiger partial charge on any atom is -0.397 e. The number of nitrogens with zero attached hydrogens (tertiary/aromatic N) is 14. The molecule has 0 aliphatic heterocycles. The van der Waals surface area contributed by atoms with Crippen LogP contribution in [0.25, 0.3) is 0 Å². The van der Waals surface area contributed by atoms with Crippen molar-refractivity contribution in [3.63, 3.8) is 0 Å². The highest BCUT2D eigenvalue weighted by Crippen LogP contribution is 2.75. The number of aliphatic hydroxyl groups is 1. The Morgan fingerprint density at radius 1 is 0.446 bits per heavy atom. The van der Waals surface area contributed by atoms with Gasteiger partial charge >= 0.3 is 0 Å². The number of aliphatic hydroxyl groups excluding tert-OH is 1. The van der Waals surface area contributed by atoms with Crippen molar-refractivity contribution in [3.05, 3.63) is 0 Å². The second-order valence-corrected chi connectivity index (χ2v) is 30.7. The summed E-state index contributed by atoms with van der Waals surface area (Å²) < 4.78 is 47.5. The fraction of sp³-hybridized carbons (Fsp3) is 1.00. The van der Waals surface area contributed by atoms with Crippen molar-refractivity contribution in [3.8, 4) is 0 Å². The Labute approximate surface area is 352 Å². The van der Waals surface area contributed by atoms with Crippen molar-refractivity contribution in [2.24, 2.45) is 18.3 Å². The minimum atomic E-state index is -3.12. The third-order valence-corrected chi connectivity index (χ3v) is 26.2. The fourth-order valence-corrected chi connectivity index (χ4v) is 25.6. The smallest absolute Gasteiger partial charge is 0.264 e. The molecule has 0 rings (SSSR count). The molecule has 56 heavy (non-hydrogen) atoms. The van der Waals surface area contributed by atoms with E-state index in [1.807, 2.05) is 0 Å². The van der Waals surface area contributed by atoms with E-state index in [0.29, 0.717) is 0 Å². The van der Waals surface area contributed by atoms with Gasteiger partial charge in [-0.15, -0.1) is 0 Å². The quantitative estimate of drug-likeness (QED) is 0.0630. The van der Waals surface area contributed by atoms with Gasteiger partial charge in [-0.3, -0.25) is 42.0 Å². The van der Waals surface area contributed by atoms with Gasteiger partial charge in [0.2, 0.25) is 0 Å². The van der Waals surface area contributed by atoms with E-state index in [9.17, 15) is 0 Å². The molecule has 2 atom stereocenters. The molecule has 1 N–H and O–H groups in total. The summed E-state index contributed by atoms with van der Waals surface area (Å²) in [5.74, 6) is 0. The van der Waals surface area contributed by atoms with E-state index in [4.69, 9.17) is 23.4 Å². The predicted octanol–water partition coefficient (Wildman–Crippen LogP) is 9.96. The maximum absolute atomic E-state index is 7.57. The molecule has 0 bridgehead atoms. The minimum absolute atomic E-state index is 0.153. The van der Waals surface area contributed by atoms with E-state index in [-0.39, 0.29) is 12.8 Å². The molecule has 0 aromatic heterocycles. The highest BCUT2D eigenvalue weighted by Gasteiger charge is 2.44. The lowest BCUT2D eigenvalue weighted by Gasteiger charge is -2.48.